The number of carbonyl (C=O) groups is 1. The number of fused-ring (bicyclic) bond motifs is 1. The van der Waals surface area contributed by atoms with Crippen molar-refractivity contribution in [2.45, 2.75) is 71.5 Å². The van der Waals surface area contributed by atoms with Crippen molar-refractivity contribution in [1.29, 1.82) is 0 Å². The summed E-state index contributed by atoms with van der Waals surface area (Å²) in [6.07, 6.45) is 7.33. The summed E-state index contributed by atoms with van der Waals surface area (Å²) in [6, 6.07) is 0. The quantitative estimate of drug-likeness (QED) is 0.523. The van der Waals surface area contributed by atoms with Crippen molar-refractivity contribution in [2.75, 3.05) is 6.61 Å². The lowest BCUT2D eigenvalue weighted by atomic mass is 9.89. The first-order valence-corrected chi connectivity index (χ1v) is 7.91. The van der Waals surface area contributed by atoms with E-state index >= 15 is 0 Å². The van der Waals surface area contributed by atoms with E-state index in [1.165, 1.54) is 12.8 Å². The molecule has 0 amide bonds. The second-order valence-electron chi connectivity index (χ2n) is 6.52. The van der Waals surface area contributed by atoms with Gasteiger partial charge in [0, 0.05) is 6.42 Å². The Balaban J connectivity index is 1.61. The Bertz CT molecular complexity index is 302. The first kappa shape index (κ1) is 14.8. The maximum atomic E-state index is 11.8. The van der Waals surface area contributed by atoms with Crippen molar-refractivity contribution in [1.82, 2.24) is 0 Å². The van der Waals surface area contributed by atoms with Crippen molar-refractivity contribution in [3.05, 3.63) is 0 Å². The lowest BCUT2D eigenvalue weighted by molar-refractivity contribution is -0.146. The molecule has 0 radical (unpaired) electrons. The number of ether oxygens (including phenoxy) is 2. The van der Waals surface area contributed by atoms with Crippen LogP contribution in [0.2, 0.25) is 0 Å². The highest BCUT2D eigenvalue weighted by Gasteiger charge is 2.43. The molecule has 0 bridgehead atoms. The Labute approximate surface area is 117 Å². The minimum atomic E-state index is -0.0192. The van der Waals surface area contributed by atoms with Crippen molar-refractivity contribution >= 4 is 5.97 Å². The molecule has 3 heteroatoms. The molecule has 0 aromatic heterocycles. The maximum absolute atomic E-state index is 11.8. The van der Waals surface area contributed by atoms with Gasteiger partial charge in [0.15, 0.2) is 0 Å². The summed E-state index contributed by atoms with van der Waals surface area (Å²) >= 11 is 0. The summed E-state index contributed by atoms with van der Waals surface area (Å²) in [4.78, 5) is 11.8. The molecule has 1 saturated carbocycles. The monoisotopic (exact) mass is 268 g/mol. The van der Waals surface area contributed by atoms with Crippen LogP contribution in [0, 0.1) is 17.8 Å². The topological polar surface area (TPSA) is 38.8 Å². The van der Waals surface area contributed by atoms with Gasteiger partial charge in [-0.3, -0.25) is 4.79 Å². The molecule has 0 aromatic carbocycles. The zero-order valence-corrected chi connectivity index (χ0v) is 12.6. The van der Waals surface area contributed by atoms with E-state index < -0.39 is 0 Å². The Kier molecular flexibility index (Phi) is 5.26. The summed E-state index contributed by atoms with van der Waals surface area (Å²) in [5.74, 6) is 1.54. The summed E-state index contributed by atoms with van der Waals surface area (Å²) in [7, 11) is 0. The normalized spacial score (nSPS) is 32.3. The zero-order valence-electron chi connectivity index (χ0n) is 12.6. The number of hydrogen-bond acceptors (Lipinski definition) is 3. The van der Waals surface area contributed by atoms with Crippen LogP contribution in [-0.4, -0.2) is 24.8 Å². The molecule has 1 aliphatic carbocycles. The van der Waals surface area contributed by atoms with Gasteiger partial charge in [-0.25, -0.2) is 0 Å². The van der Waals surface area contributed by atoms with Gasteiger partial charge in [-0.1, -0.05) is 33.6 Å². The van der Waals surface area contributed by atoms with Crippen LogP contribution < -0.4 is 0 Å². The minimum Gasteiger partial charge on any atom is -0.465 e. The van der Waals surface area contributed by atoms with E-state index in [1.807, 2.05) is 0 Å². The fourth-order valence-electron chi connectivity index (χ4n) is 3.11. The van der Waals surface area contributed by atoms with E-state index in [0.717, 1.165) is 19.3 Å². The van der Waals surface area contributed by atoms with Crippen LogP contribution in [0.4, 0.5) is 0 Å². The molecule has 110 valence electrons. The Hall–Kier alpha value is -0.570. The van der Waals surface area contributed by atoms with Crippen LogP contribution in [0.1, 0.15) is 59.3 Å². The lowest BCUT2D eigenvalue weighted by Gasteiger charge is -2.21. The average Bonchev–Trinajstić information content (AvgIpc) is 3.14. The number of hydrogen-bond donors (Lipinski definition) is 0. The van der Waals surface area contributed by atoms with Gasteiger partial charge in [-0.2, -0.15) is 0 Å². The largest absolute Gasteiger partial charge is 0.465 e. The van der Waals surface area contributed by atoms with Gasteiger partial charge in [-0.05, 0) is 37.0 Å². The van der Waals surface area contributed by atoms with Gasteiger partial charge in [0.2, 0.25) is 0 Å². The molecule has 2 fully saturated rings. The number of carbonyl (C=O) groups excluding carboxylic acids is 1. The van der Waals surface area contributed by atoms with E-state index in [2.05, 4.69) is 20.8 Å². The third kappa shape index (κ3) is 4.48. The second kappa shape index (κ2) is 6.74. The first-order chi connectivity index (χ1) is 9.10. The van der Waals surface area contributed by atoms with Crippen molar-refractivity contribution in [3.8, 4) is 0 Å². The number of esters is 1. The molecule has 19 heavy (non-hydrogen) atoms. The Morgan fingerprint density at radius 3 is 2.74 bits per heavy atom. The Morgan fingerprint density at radius 2 is 2.05 bits per heavy atom. The fraction of sp³-hybridized carbons (Fsp3) is 0.938. The third-order valence-corrected chi connectivity index (χ3v) is 4.80. The molecule has 1 aliphatic heterocycles. The molecule has 0 aromatic rings. The van der Waals surface area contributed by atoms with Gasteiger partial charge >= 0.3 is 5.97 Å². The summed E-state index contributed by atoms with van der Waals surface area (Å²) < 4.78 is 11.0. The smallest absolute Gasteiger partial charge is 0.306 e. The van der Waals surface area contributed by atoms with Gasteiger partial charge in [-0.15, -0.1) is 0 Å². The Morgan fingerprint density at radius 1 is 1.26 bits per heavy atom. The maximum Gasteiger partial charge on any atom is 0.306 e. The van der Waals surface area contributed by atoms with Gasteiger partial charge in [0.25, 0.3) is 0 Å². The van der Waals surface area contributed by atoms with Crippen LogP contribution >= 0.6 is 0 Å². The highest BCUT2D eigenvalue weighted by atomic mass is 16.6. The van der Waals surface area contributed by atoms with Gasteiger partial charge < -0.3 is 9.47 Å². The second-order valence-corrected chi connectivity index (χ2v) is 6.52. The molecule has 1 heterocycles. The van der Waals surface area contributed by atoms with E-state index in [9.17, 15) is 4.79 Å². The summed E-state index contributed by atoms with van der Waals surface area (Å²) in [6.45, 7) is 7.18. The SMILES string of the molecule is CCCC(C)C(C)CC(=O)OCC1CCC2OC2C1. The predicted molar refractivity (Wildman–Crippen MR) is 74.8 cm³/mol. The molecular weight excluding hydrogens is 240 g/mol. The standard InChI is InChI=1S/C16H28O3/c1-4-5-11(2)12(3)8-16(17)18-10-13-6-7-14-15(9-13)19-14/h11-15H,4-10H2,1-3H3. The van der Waals surface area contributed by atoms with Crippen molar-refractivity contribution in [3.63, 3.8) is 0 Å². The van der Waals surface area contributed by atoms with Crippen LogP contribution in [-0.2, 0) is 14.3 Å². The lowest BCUT2D eigenvalue weighted by Crippen LogP contribution is -2.22. The number of rotatable bonds is 7. The van der Waals surface area contributed by atoms with E-state index in [1.54, 1.807) is 0 Å². The first-order valence-electron chi connectivity index (χ1n) is 7.91. The van der Waals surface area contributed by atoms with Gasteiger partial charge in [0.05, 0.1) is 18.8 Å². The predicted octanol–water partition coefficient (Wildman–Crippen LogP) is 3.56. The van der Waals surface area contributed by atoms with Crippen LogP contribution in [0.15, 0.2) is 0 Å². The highest BCUT2D eigenvalue weighted by molar-refractivity contribution is 5.69. The molecule has 5 unspecified atom stereocenters. The molecule has 2 aliphatic rings. The van der Waals surface area contributed by atoms with Crippen LogP contribution in [0.5, 0.6) is 0 Å². The molecule has 0 spiro atoms. The summed E-state index contributed by atoms with van der Waals surface area (Å²) in [5, 5.41) is 0. The minimum absolute atomic E-state index is 0.0192. The summed E-state index contributed by atoms with van der Waals surface area (Å²) in [5.41, 5.74) is 0. The molecule has 5 atom stereocenters. The van der Waals surface area contributed by atoms with E-state index in [4.69, 9.17) is 9.47 Å². The van der Waals surface area contributed by atoms with E-state index in [0.29, 0.717) is 43.0 Å². The third-order valence-electron chi connectivity index (χ3n) is 4.80. The fourth-order valence-corrected chi connectivity index (χ4v) is 3.11. The molecular formula is C16H28O3. The molecule has 3 nitrogen and oxygen atoms in total. The van der Waals surface area contributed by atoms with Crippen LogP contribution in [0.3, 0.4) is 0 Å². The zero-order chi connectivity index (χ0) is 13.8. The van der Waals surface area contributed by atoms with Crippen molar-refractivity contribution < 1.29 is 14.3 Å². The highest BCUT2D eigenvalue weighted by Crippen LogP contribution is 2.39. The van der Waals surface area contributed by atoms with E-state index in [-0.39, 0.29) is 5.97 Å². The number of epoxide rings is 1. The molecule has 0 N–H and O–H groups in total. The average molecular weight is 268 g/mol. The molecule has 1 saturated heterocycles. The van der Waals surface area contributed by atoms with Crippen LogP contribution in [0.25, 0.3) is 0 Å². The van der Waals surface area contributed by atoms with Gasteiger partial charge in [0.1, 0.15) is 0 Å². The van der Waals surface area contributed by atoms with Crippen molar-refractivity contribution in [2.24, 2.45) is 17.8 Å². The molecule has 2 rings (SSSR count).